The van der Waals surface area contributed by atoms with E-state index in [0.717, 1.165) is 27.0 Å². The molecule has 3 aromatic rings. The number of rotatable bonds is 9. The van der Waals surface area contributed by atoms with Crippen molar-refractivity contribution in [1.82, 2.24) is 14.5 Å². The number of aliphatic hydroxyl groups excluding tert-OH is 1. The van der Waals surface area contributed by atoms with Gasteiger partial charge in [0.05, 0.1) is 25.5 Å². The number of ether oxygens (including phenoxy) is 1. The summed E-state index contributed by atoms with van der Waals surface area (Å²) in [5.74, 6) is 1.03. The van der Waals surface area contributed by atoms with Crippen LogP contribution in [0.15, 0.2) is 52.6 Å². The highest BCUT2D eigenvalue weighted by atomic mass is 35.5. The topological polar surface area (TPSA) is 60.2 Å². The lowest BCUT2D eigenvalue weighted by Crippen LogP contribution is -2.09. The van der Waals surface area contributed by atoms with Crippen molar-refractivity contribution in [2.75, 3.05) is 13.2 Å². The summed E-state index contributed by atoms with van der Waals surface area (Å²) in [7, 11) is 0. The van der Waals surface area contributed by atoms with Crippen molar-refractivity contribution in [3.05, 3.63) is 69.9 Å². The van der Waals surface area contributed by atoms with Crippen molar-refractivity contribution in [3.8, 4) is 0 Å². The minimum absolute atomic E-state index is 0.0248. The minimum atomic E-state index is -0.0248. The monoisotopic (exact) mass is 451 g/mol. The highest BCUT2D eigenvalue weighted by Gasteiger charge is 2.21. The highest BCUT2D eigenvalue weighted by Crippen LogP contribution is 2.37. The lowest BCUT2D eigenvalue weighted by Gasteiger charge is -2.14. The lowest BCUT2D eigenvalue weighted by atomic mass is 10.1. The van der Waals surface area contributed by atoms with Gasteiger partial charge in [-0.25, -0.2) is 4.98 Å². The Labute approximate surface area is 185 Å². The molecular weight excluding hydrogens is 429 g/mol. The van der Waals surface area contributed by atoms with Crippen LogP contribution < -0.4 is 0 Å². The number of halogens is 2. The number of imidazole rings is 1. The normalized spacial score (nSPS) is 11.4. The second-order valence-electron chi connectivity index (χ2n) is 6.80. The van der Waals surface area contributed by atoms with Crippen LogP contribution in [-0.4, -0.2) is 32.9 Å². The van der Waals surface area contributed by atoms with Crippen LogP contribution in [0.2, 0.25) is 10.0 Å². The largest absolute Gasteiger partial charge is 0.394 e. The smallest absolute Gasteiger partial charge is 0.136 e. The Hall–Kier alpha value is -1.57. The molecule has 0 saturated heterocycles. The molecule has 0 amide bonds. The zero-order chi connectivity index (χ0) is 20.8. The Morgan fingerprint density at radius 3 is 2.59 bits per heavy atom. The number of nitrogens with zero attached hydrogens (tertiary/aromatic N) is 3. The van der Waals surface area contributed by atoms with Crippen molar-refractivity contribution in [2.45, 2.75) is 42.8 Å². The van der Waals surface area contributed by atoms with Gasteiger partial charge in [-0.15, -0.1) is 0 Å². The third-order valence-electron chi connectivity index (χ3n) is 4.15. The van der Waals surface area contributed by atoms with Crippen LogP contribution in [0.25, 0.3) is 0 Å². The average molecular weight is 452 g/mol. The summed E-state index contributed by atoms with van der Waals surface area (Å²) in [5.41, 5.74) is 2.05. The first-order valence-electron chi connectivity index (χ1n) is 9.28. The molecule has 0 atom stereocenters. The zero-order valence-electron chi connectivity index (χ0n) is 16.3. The van der Waals surface area contributed by atoms with E-state index in [4.69, 9.17) is 38.0 Å². The second kappa shape index (κ2) is 10.5. The van der Waals surface area contributed by atoms with Crippen LogP contribution in [0.4, 0.5) is 0 Å². The first-order chi connectivity index (χ1) is 14.0. The predicted octanol–water partition coefficient (Wildman–Crippen LogP) is 5.42. The van der Waals surface area contributed by atoms with Gasteiger partial charge in [0.2, 0.25) is 0 Å². The Morgan fingerprint density at radius 2 is 1.97 bits per heavy atom. The van der Waals surface area contributed by atoms with Gasteiger partial charge >= 0.3 is 0 Å². The first-order valence-corrected chi connectivity index (χ1v) is 10.9. The Balaban J connectivity index is 2.04. The number of aliphatic hydroxyl groups is 1. The van der Waals surface area contributed by atoms with E-state index in [0.29, 0.717) is 23.2 Å². The maximum Gasteiger partial charge on any atom is 0.136 e. The van der Waals surface area contributed by atoms with Crippen LogP contribution in [0.1, 0.15) is 36.8 Å². The highest BCUT2D eigenvalue weighted by molar-refractivity contribution is 7.99. The van der Waals surface area contributed by atoms with Gasteiger partial charge in [-0.1, -0.05) is 54.9 Å². The second-order valence-corrected chi connectivity index (χ2v) is 8.74. The molecule has 1 N–H and O–H groups in total. The molecule has 1 aromatic carbocycles. The molecule has 0 spiro atoms. The van der Waals surface area contributed by atoms with Crippen LogP contribution >= 0.6 is 35.0 Å². The van der Waals surface area contributed by atoms with Gasteiger partial charge in [0.25, 0.3) is 0 Å². The Kier molecular flexibility index (Phi) is 7.98. The molecule has 5 nitrogen and oxygen atoms in total. The third-order valence-corrected chi connectivity index (χ3v) is 5.68. The average Bonchev–Trinajstić information content (AvgIpc) is 3.00. The molecule has 2 aromatic heterocycles. The van der Waals surface area contributed by atoms with Crippen LogP contribution in [0.5, 0.6) is 0 Å². The fraction of sp³-hybridized carbons (Fsp3) is 0.333. The van der Waals surface area contributed by atoms with Gasteiger partial charge in [-0.3, -0.25) is 4.98 Å². The van der Waals surface area contributed by atoms with E-state index in [-0.39, 0.29) is 19.1 Å². The van der Waals surface area contributed by atoms with E-state index >= 15 is 0 Å². The predicted molar refractivity (Wildman–Crippen MR) is 117 cm³/mol. The Morgan fingerprint density at radius 1 is 1.21 bits per heavy atom. The molecule has 29 heavy (non-hydrogen) atoms. The summed E-state index contributed by atoms with van der Waals surface area (Å²) in [4.78, 5) is 10.0. The third kappa shape index (κ3) is 5.96. The molecule has 154 valence electrons. The van der Waals surface area contributed by atoms with E-state index in [1.807, 2.05) is 30.5 Å². The van der Waals surface area contributed by atoms with Crippen molar-refractivity contribution in [2.24, 2.45) is 0 Å². The molecule has 0 bridgehead atoms. The summed E-state index contributed by atoms with van der Waals surface area (Å²) in [6, 6.07) is 9.46. The summed E-state index contributed by atoms with van der Waals surface area (Å²) in [6.45, 7) is 5.40. The molecule has 2 heterocycles. The van der Waals surface area contributed by atoms with Gasteiger partial charge in [-0.05, 0) is 35.7 Å². The van der Waals surface area contributed by atoms with Gasteiger partial charge < -0.3 is 14.4 Å². The molecule has 0 aliphatic heterocycles. The number of pyridine rings is 1. The summed E-state index contributed by atoms with van der Waals surface area (Å²) >= 11 is 14.0. The molecule has 8 heteroatoms. The maximum absolute atomic E-state index is 9.05. The maximum atomic E-state index is 9.05. The standard InChI is InChI=1S/C21H23Cl2N3O2S/c1-14(2)20-21(29-18-9-16(22)8-17(23)10-18)26(12-15-4-3-5-24-11-15)19(25-20)13-28-7-6-27/h3-5,8-11,14,27H,6-7,12-13H2,1-2H3. The van der Waals surface area contributed by atoms with Gasteiger partial charge in [0.1, 0.15) is 17.5 Å². The number of hydrogen-bond acceptors (Lipinski definition) is 5. The number of benzene rings is 1. The molecule has 0 aliphatic carbocycles. The van der Waals surface area contributed by atoms with Crippen molar-refractivity contribution in [3.63, 3.8) is 0 Å². The van der Waals surface area contributed by atoms with Crippen LogP contribution in [-0.2, 0) is 17.9 Å². The molecule has 0 aliphatic rings. The molecule has 0 unspecified atom stereocenters. The van der Waals surface area contributed by atoms with E-state index in [2.05, 4.69) is 23.4 Å². The Bertz CT molecular complexity index is 928. The number of aromatic nitrogens is 3. The molecule has 0 fully saturated rings. The van der Waals surface area contributed by atoms with Crippen LogP contribution in [0.3, 0.4) is 0 Å². The summed E-state index contributed by atoms with van der Waals surface area (Å²) in [6.07, 6.45) is 3.60. The van der Waals surface area contributed by atoms with Gasteiger partial charge in [0.15, 0.2) is 0 Å². The SMILES string of the molecule is CC(C)c1nc(COCCO)n(Cc2cccnc2)c1Sc1cc(Cl)cc(Cl)c1. The van der Waals surface area contributed by atoms with Crippen molar-refractivity contribution in [1.29, 1.82) is 0 Å². The van der Waals surface area contributed by atoms with Crippen LogP contribution in [0, 0.1) is 0 Å². The molecule has 3 rings (SSSR count). The quantitative estimate of drug-likeness (QED) is 0.440. The van der Waals surface area contributed by atoms with E-state index in [1.165, 1.54) is 0 Å². The minimum Gasteiger partial charge on any atom is -0.394 e. The number of hydrogen-bond donors (Lipinski definition) is 1. The van der Waals surface area contributed by atoms with Crippen molar-refractivity contribution >= 4 is 35.0 Å². The fourth-order valence-corrected chi connectivity index (χ4v) is 4.78. The fourth-order valence-electron chi connectivity index (χ4n) is 2.86. The van der Waals surface area contributed by atoms with E-state index in [1.54, 1.807) is 24.0 Å². The lowest BCUT2D eigenvalue weighted by molar-refractivity contribution is 0.0759. The van der Waals surface area contributed by atoms with Gasteiger partial charge in [-0.2, -0.15) is 0 Å². The molecule has 0 radical (unpaired) electrons. The van der Waals surface area contributed by atoms with Crippen molar-refractivity contribution < 1.29 is 9.84 Å². The zero-order valence-corrected chi connectivity index (χ0v) is 18.6. The van der Waals surface area contributed by atoms with E-state index in [9.17, 15) is 0 Å². The molecular formula is C21H23Cl2N3O2S. The van der Waals surface area contributed by atoms with E-state index < -0.39 is 0 Å². The summed E-state index contributed by atoms with van der Waals surface area (Å²) < 4.78 is 7.73. The first kappa shape index (κ1) is 22.1. The molecule has 0 saturated carbocycles. The summed E-state index contributed by atoms with van der Waals surface area (Å²) in [5, 5.41) is 11.3. The van der Waals surface area contributed by atoms with Gasteiger partial charge in [0, 0.05) is 27.3 Å².